The van der Waals surface area contributed by atoms with Crippen molar-refractivity contribution in [2.24, 2.45) is 5.10 Å². The van der Waals surface area contributed by atoms with E-state index in [1.54, 1.807) is 18.2 Å². The van der Waals surface area contributed by atoms with Crippen molar-refractivity contribution in [3.8, 4) is 28.7 Å². The van der Waals surface area contributed by atoms with Gasteiger partial charge >= 0.3 is 6.36 Å². The molecule has 2 N–H and O–H groups in total. The third-order valence-corrected chi connectivity index (χ3v) is 5.79. The molecular weight excluding hydrogens is 593 g/mol. The molecule has 3 aromatic rings. The van der Waals surface area contributed by atoms with E-state index in [1.165, 1.54) is 61.9 Å². The minimum Gasteiger partial charge on any atom is -0.506 e. The Bertz CT molecular complexity index is 1480. The van der Waals surface area contributed by atoms with Gasteiger partial charge in [-0.15, -0.1) is 13.2 Å². The molecule has 228 valence electrons. The summed E-state index contributed by atoms with van der Waals surface area (Å²) < 4.78 is 57.7. The van der Waals surface area contributed by atoms with Crippen molar-refractivity contribution in [3.63, 3.8) is 0 Å². The summed E-state index contributed by atoms with van der Waals surface area (Å²) in [6.07, 6.45) is 0.462. The highest BCUT2D eigenvalue weighted by atomic mass is 35.5. The summed E-state index contributed by atoms with van der Waals surface area (Å²) in [5.74, 6) is -0.670. The van der Waals surface area contributed by atoms with Crippen LogP contribution in [-0.2, 0) is 11.2 Å². The number of ether oxygens (including phenoxy) is 4. The zero-order valence-electron chi connectivity index (χ0n) is 23.1. The topological polar surface area (TPSA) is 116 Å². The molecule has 0 bridgehead atoms. The maximum absolute atomic E-state index is 12.4. The monoisotopic (exact) mass is 620 g/mol. The van der Waals surface area contributed by atoms with Crippen molar-refractivity contribution < 1.29 is 46.8 Å². The number of carbonyl (C=O) groups is 2. The van der Waals surface area contributed by atoms with E-state index in [0.717, 1.165) is 0 Å². The van der Waals surface area contributed by atoms with Gasteiger partial charge in [0.25, 0.3) is 5.91 Å². The number of nitrogens with one attached hydrogen (secondary N) is 1. The second-order valence-corrected chi connectivity index (χ2v) is 9.22. The van der Waals surface area contributed by atoms with Gasteiger partial charge in [-0.3, -0.25) is 9.59 Å². The van der Waals surface area contributed by atoms with Gasteiger partial charge in [-0.05, 0) is 66.9 Å². The molecular formula is C30H28ClF3N2O7. The Labute approximate surface area is 250 Å². The smallest absolute Gasteiger partial charge is 0.506 e. The second kappa shape index (κ2) is 15.5. The fourth-order valence-electron chi connectivity index (χ4n) is 3.51. The molecule has 13 heteroatoms. The molecule has 0 heterocycles. The Morgan fingerprint density at radius 1 is 1.05 bits per heavy atom. The molecule has 0 saturated carbocycles. The maximum atomic E-state index is 12.4. The van der Waals surface area contributed by atoms with Gasteiger partial charge in [0.15, 0.2) is 23.9 Å². The molecule has 0 spiro atoms. The van der Waals surface area contributed by atoms with Gasteiger partial charge in [0.2, 0.25) is 5.75 Å². The first-order valence-corrected chi connectivity index (χ1v) is 13.2. The van der Waals surface area contributed by atoms with Gasteiger partial charge in [-0.25, -0.2) is 5.43 Å². The van der Waals surface area contributed by atoms with Crippen LogP contribution in [0.2, 0.25) is 5.02 Å². The van der Waals surface area contributed by atoms with Gasteiger partial charge in [0.05, 0.1) is 25.0 Å². The molecule has 9 nitrogen and oxygen atoms in total. The molecule has 0 aliphatic carbocycles. The number of rotatable bonds is 14. The third kappa shape index (κ3) is 10.6. The Balaban J connectivity index is 1.64. The summed E-state index contributed by atoms with van der Waals surface area (Å²) >= 11 is 5.85. The van der Waals surface area contributed by atoms with Gasteiger partial charge in [-0.1, -0.05) is 36.7 Å². The zero-order valence-corrected chi connectivity index (χ0v) is 23.9. The summed E-state index contributed by atoms with van der Waals surface area (Å²) in [6.45, 7) is 1.92. The van der Waals surface area contributed by atoms with Crippen molar-refractivity contribution in [1.82, 2.24) is 5.43 Å². The van der Waals surface area contributed by atoms with Crippen molar-refractivity contribution >= 4 is 29.5 Å². The van der Waals surface area contributed by atoms with Crippen LogP contribution in [0.1, 0.15) is 34.8 Å². The van der Waals surface area contributed by atoms with Gasteiger partial charge in [0.1, 0.15) is 11.5 Å². The summed E-state index contributed by atoms with van der Waals surface area (Å²) in [5.41, 5.74) is 3.74. The first-order valence-electron chi connectivity index (χ1n) is 12.8. The van der Waals surface area contributed by atoms with E-state index in [1.807, 2.05) is 6.92 Å². The van der Waals surface area contributed by atoms with Crippen LogP contribution in [0.15, 0.2) is 71.9 Å². The summed E-state index contributed by atoms with van der Waals surface area (Å²) in [5, 5.41) is 13.5. The first kappa shape index (κ1) is 32.8. The minimum absolute atomic E-state index is 0.0248. The zero-order chi connectivity index (χ0) is 31.4. The number of phenols is 1. The molecule has 0 aliphatic rings. The molecule has 1 amide bonds. The number of ketones is 1. The van der Waals surface area contributed by atoms with Gasteiger partial charge in [-0.2, -0.15) is 5.10 Å². The lowest BCUT2D eigenvalue weighted by Gasteiger charge is -2.16. The van der Waals surface area contributed by atoms with E-state index in [4.69, 9.17) is 25.8 Å². The number of halogens is 4. The van der Waals surface area contributed by atoms with Gasteiger partial charge < -0.3 is 24.1 Å². The Kier molecular flexibility index (Phi) is 11.8. The van der Waals surface area contributed by atoms with Crippen LogP contribution >= 0.6 is 11.6 Å². The molecule has 0 aliphatic heterocycles. The number of hydrogen-bond acceptors (Lipinski definition) is 8. The molecule has 43 heavy (non-hydrogen) atoms. The van der Waals surface area contributed by atoms with Crippen molar-refractivity contribution in [2.75, 3.05) is 20.3 Å². The number of hydrazone groups is 1. The van der Waals surface area contributed by atoms with E-state index in [9.17, 15) is 27.9 Å². The average Bonchev–Trinajstić information content (AvgIpc) is 2.96. The van der Waals surface area contributed by atoms with Crippen LogP contribution in [0.3, 0.4) is 0 Å². The number of allylic oxidation sites excluding steroid dienone is 1. The van der Waals surface area contributed by atoms with Crippen LogP contribution in [0.5, 0.6) is 28.7 Å². The Morgan fingerprint density at radius 2 is 1.77 bits per heavy atom. The largest absolute Gasteiger partial charge is 0.573 e. The first-order chi connectivity index (χ1) is 20.5. The summed E-state index contributed by atoms with van der Waals surface area (Å²) in [7, 11) is 1.41. The van der Waals surface area contributed by atoms with E-state index in [2.05, 4.69) is 15.3 Å². The van der Waals surface area contributed by atoms with Crippen LogP contribution < -0.4 is 24.4 Å². The van der Waals surface area contributed by atoms with Crippen LogP contribution in [0, 0.1) is 0 Å². The number of nitrogens with zero attached hydrogens (tertiary/aromatic N) is 1. The quantitative estimate of drug-likeness (QED) is 0.124. The molecule has 0 unspecified atom stereocenters. The van der Waals surface area contributed by atoms with Crippen LogP contribution in [0.25, 0.3) is 0 Å². The predicted molar refractivity (Wildman–Crippen MR) is 153 cm³/mol. The molecule has 3 aromatic carbocycles. The average molecular weight is 621 g/mol. The number of aromatic hydroxyl groups is 1. The lowest BCUT2D eigenvalue weighted by Crippen LogP contribution is -2.17. The SMILES string of the molecule is CCCOc1cc(/C=N/NC(=O)c2ccc(O)c(Cl)c2)cc(OC)c1OCC(=O)/C=C/Cc1ccc(OC(F)(F)F)cc1. The number of alkyl halides is 3. The highest BCUT2D eigenvalue weighted by Crippen LogP contribution is 2.38. The van der Waals surface area contributed by atoms with Crippen molar-refractivity contribution in [1.29, 1.82) is 0 Å². The predicted octanol–water partition coefficient (Wildman–Crippen LogP) is 6.25. The highest BCUT2D eigenvalue weighted by molar-refractivity contribution is 6.32. The van der Waals surface area contributed by atoms with Crippen molar-refractivity contribution in [3.05, 3.63) is 88.5 Å². The highest BCUT2D eigenvalue weighted by Gasteiger charge is 2.30. The van der Waals surface area contributed by atoms with E-state index in [-0.39, 0.29) is 51.7 Å². The number of amides is 1. The number of hydrogen-bond donors (Lipinski definition) is 2. The molecule has 3 rings (SSSR count). The number of phenolic OH excluding ortho intramolecular Hbond substituents is 1. The Morgan fingerprint density at radius 3 is 2.42 bits per heavy atom. The standard InChI is InChI=1S/C30H28ClF3N2O7/c1-3-13-41-27-15-20(17-35-36-29(39)21-9-12-25(38)24(31)16-21)14-26(40-2)28(27)42-18-22(37)6-4-5-19-7-10-23(11-8-19)43-30(32,33)34/h4,6-12,14-17,38H,3,5,13,18H2,1-2H3,(H,36,39)/b6-4+,35-17+. The number of carbonyl (C=O) groups excluding carboxylic acids is 2. The summed E-state index contributed by atoms with van der Waals surface area (Å²) in [4.78, 5) is 24.8. The van der Waals surface area contributed by atoms with E-state index < -0.39 is 12.3 Å². The minimum atomic E-state index is -4.77. The van der Waals surface area contributed by atoms with E-state index >= 15 is 0 Å². The molecule has 0 aromatic heterocycles. The number of methoxy groups -OCH3 is 1. The lowest BCUT2D eigenvalue weighted by atomic mass is 10.1. The maximum Gasteiger partial charge on any atom is 0.573 e. The Hall–Kier alpha value is -4.71. The van der Waals surface area contributed by atoms with Crippen LogP contribution in [0.4, 0.5) is 13.2 Å². The molecule has 0 radical (unpaired) electrons. The van der Waals surface area contributed by atoms with Crippen LogP contribution in [-0.4, -0.2) is 49.7 Å². The molecule has 0 atom stereocenters. The number of benzene rings is 3. The summed E-state index contributed by atoms with van der Waals surface area (Å²) in [6, 6.07) is 12.5. The second-order valence-electron chi connectivity index (χ2n) is 8.82. The normalized spacial score (nSPS) is 11.5. The third-order valence-electron chi connectivity index (χ3n) is 5.49. The van der Waals surface area contributed by atoms with E-state index in [0.29, 0.717) is 30.6 Å². The van der Waals surface area contributed by atoms with Crippen molar-refractivity contribution in [2.45, 2.75) is 26.1 Å². The molecule has 0 saturated heterocycles. The fraction of sp³-hybridized carbons (Fsp3) is 0.233. The van der Waals surface area contributed by atoms with Gasteiger partial charge in [0, 0.05) is 11.1 Å². The molecule has 0 fully saturated rings. The lowest BCUT2D eigenvalue weighted by molar-refractivity contribution is -0.274. The fourth-order valence-corrected chi connectivity index (χ4v) is 3.69.